The third-order valence-electron chi connectivity index (χ3n) is 4.98. The topological polar surface area (TPSA) is 113 Å². The summed E-state index contributed by atoms with van der Waals surface area (Å²) < 4.78 is 33.6. The second-order valence-corrected chi connectivity index (χ2v) is 9.03. The first-order valence-electron chi connectivity index (χ1n) is 9.67. The molecule has 1 heterocycles. The minimum absolute atomic E-state index is 0.227. The van der Waals surface area contributed by atoms with Crippen LogP contribution < -0.4 is 10.2 Å². The molecule has 0 radical (unpaired) electrons. The Morgan fingerprint density at radius 3 is 2.53 bits per heavy atom. The molecule has 0 unspecified atom stereocenters. The van der Waals surface area contributed by atoms with E-state index in [0.717, 1.165) is 16.7 Å². The summed E-state index contributed by atoms with van der Waals surface area (Å²) in [6, 6.07) is 12.2. The molecule has 2 aromatic carbocycles. The van der Waals surface area contributed by atoms with Crippen molar-refractivity contribution in [3.05, 3.63) is 65.0 Å². The van der Waals surface area contributed by atoms with Crippen LogP contribution in [0.4, 0.5) is 0 Å². The predicted molar refractivity (Wildman–Crippen MR) is 116 cm³/mol. The molecule has 3 aromatic rings. The third-order valence-corrected chi connectivity index (χ3v) is 6.59. The van der Waals surface area contributed by atoms with Gasteiger partial charge in [0.2, 0.25) is 10.0 Å². The van der Waals surface area contributed by atoms with E-state index in [9.17, 15) is 18.5 Å². The van der Waals surface area contributed by atoms with E-state index in [0.29, 0.717) is 35.3 Å². The fourth-order valence-electron chi connectivity index (χ4n) is 3.43. The zero-order valence-corrected chi connectivity index (χ0v) is 18.0. The van der Waals surface area contributed by atoms with Crippen molar-refractivity contribution >= 4 is 22.6 Å². The highest BCUT2D eigenvalue weighted by Crippen LogP contribution is 2.30. The minimum atomic E-state index is -3.69. The molecule has 0 aliphatic rings. The number of nitrogens with zero attached hydrogens (tertiary/aromatic N) is 1. The van der Waals surface area contributed by atoms with Gasteiger partial charge in [0.1, 0.15) is 5.76 Å². The van der Waals surface area contributed by atoms with Gasteiger partial charge in [-0.1, -0.05) is 41.6 Å². The molecule has 0 fully saturated rings. The number of sulfonamides is 1. The van der Waals surface area contributed by atoms with Gasteiger partial charge in [0.05, 0.1) is 10.6 Å². The fraction of sp³-hybridized carbons (Fsp3) is 0.286. The summed E-state index contributed by atoms with van der Waals surface area (Å²) in [6.07, 6.45) is 1.19. The average molecular weight is 428 g/mol. The summed E-state index contributed by atoms with van der Waals surface area (Å²) in [4.78, 5) is 0.227. The zero-order chi connectivity index (χ0) is 21.9. The minimum Gasteiger partial charge on any atom is -0.423 e. The summed E-state index contributed by atoms with van der Waals surface area (Å²) in [5, 5.41) is 22.5. The third kappa shape index (κ3) is 4.99. The van der Waals surface area contributed by atoms with Crippen molar-refractivity contribution in [2.45, 2.75) is 38.5 Å². The van der Waals surface area contributed by atoms with Gasteiger partial charge in [-0.25, -0.2) is 13.1 Å². The summed E-state index contributed by atoms with van der Waals surface area (Å²) in [5.41, 5.74) is 4.25. The number of nitrogens with one attached hydrogen (secondary N) is 1. The molecule has 3 N–H and O–H groups in total. The fourth-order valence-corrected chi connectivity index (χ4v) is 4.77. The highest BCUT2D eigenvalue weighted by Gasteiger charge is 2.20. The molecule has 3 rings (SSSR count). The molecule has 0 amide bonds. The maximum absolute atomic E-state index is 12.9. The second kappa shape index (κ2) is 9.14. The molecule has 9 heteroatoms. The Labute approximate surface area is 176 Å². The van der Waals surface area contributed by atoms with E-state index in [4.69, 9.17) is 4.52 Å². The van der Waals surface area contributed by atoms with Gasteiger partial charge in [-0.05, 0) is 61.8 Å². The van der Waals surface area contributed by atoms with Crippen LogP contribution in [-0.4, -0.2) is 37.3 Å². The maximum Gasteiger partial charge on any atom is 0.488 e. The number of aryl methyl sites for hydroxylation is 4. The van der Waals surface area contributed by atoms with E-state index in [1.165, 1.54) is 0 Å². The van der Waals surface area contributed by atoms with Crippen molar-refractivity contribution in [1.29, 1.82) is 0 Å². The van der Waals surface area contributed by atoms with Crippen LogP contribution >= 0.6 is 0 Å². The predicted octanol–water partition coefficient (Wildman–Crippen LogP) is 1.86. The van der Waals surface area contributed by atoms with E-state index < -0.39 is 17.1 Å². The van der Waals surface area contributed by atoms with Crippen LogP contribution in [0, 0.1) is 20.8 Å². The monoisotopic (exact) mass is 428 g/mol. The highest BCUT2D eigenvalue weighted by atomic mass is 32.2. The van der Waals surface area contributed by atoms with Crippen molar-refractivity contribution in [2.75, 3.05) is 6.54 Å². The Balaban J connectivity index is 1.70. The lowest BCUT2D eigenvalue weighted by Gasteiger charge is -2.12. The summed E-state index contributed by atoms with van der Waals surface area (Å²) >= 11 is 0. The van der Waals surface area contributed by atoms with Crippen LogP contribution in [0.1, 0.15) is 29.0 Å². The number of rotatable bonds is 8. The van der Waals surface area contributed by atoms with Crippen LogP contribution in [0.3, 0.4) is 0 Å². The second-order valence-electron chi connectivity index (χ2n) is 7.30. The molecule has 0 aliphatic carbocycles. The molecule has 0 spiro atoms. The molecule has 30 heavy (non-hydrogen) atoms. The molecule has 0 saturated carbocycles. The van der Waals surface area contributed by atoms with Gasteiger partial charge >= 0.3 is 7.12 Å². The number of hydrogen-bond donors (Lipinski definition) is 3. The highest BCUT2D eigenvalue weighted by molar-refractivity contribution is 7.89. The Hall–Kier alpha value is -2.46. The Kier molecular flexibility index (Phi) is 6.77. The van der Waals surface area contributed by atoms with E-state index in [2.05, 4.69) is 9.88 Å². The molecule has 0 saturated heterocycles. The Morgan fingerprint density at radius 2 is 1.87 bits per heavy atom. The first kappa shape index (κ1) is 22.2. The van der Waals surface area contributed by atoms with Crippen LogP contribution in [0.2, 0.25) is 0 Å². The van der Waals surface area contributed by atoms with Crippen molar-refractivity contribution in [2.24, 2.45) is 0 Å². The lowest BCUT2D eigenvalue weighted by atomic mass is 9.79. The number of aromatic nitrogens is 1. The van der Waals surface area contributed by atoms with Crippen molar-refractivity contribution in [1.82, 2.24) is 9.88 Å². The summed E-state index contributed by atoms with van der Waals surface area (Å²) in [6.45, 7) is 5.65. The normalized spacial score (nSPS) is 11.6. The summed E-state index contributed by atoms with van der Waals surface area (Å²) in [7, 11) is -5.20. The molecule has 7 nitrogen and oxygen atoms in total. The van der Waals surface area contributed by atoms with E-state index in [1.807, 2.05) is 19.1 Å². The molecule has 0 aliphatic heterocycles. The van der Waals surface area contributed by atoms with Gasteiger partial charge in [0, 0.05) is 12.1 Å². The molecular weight excluding hydrogens is 403 g/mol. The number of hydrogen-bond acceptors (Lipinski definition) is 6. The maximum atomic E-state index is 12.9. The standard InChI is InChI=1S/C21H25BN2O5S/c1-14-9-10-18(21-15(2)24-29-16(21)3)13-20(14)30(27,28)23-11-5-7-17-6-4-8-19(12-17)22(25)26/h4,6,8-10,12-13,23,25-26H,5,7,11H2,1-3H3. The van der Waals surface area contributed by atoms with Gasteiger partial charge in [-0.15, -0.1) is 0 Å². The van der Waals surface area contributed by atoms with Crippen molar-refractivity contribution in [3.8, 4) is 11.1 Å². The number of benzene rings is 2. The van der Waals surface area contributed by atoms with Crippen LogP contribution in [0.25, 0.3) is 11.1 Å². The van der Waals surface area contributed by atoms with Crippen molar-refractivity contribution in [3.63, 3.8) is 0 Å². The van der Waals surface area contributed by atoms with Crippen LogP contribution in [0.15, 0.2) is 51.9 Å². The molecular formula is C21H25BN2O5S. The zero-order valence-electron chi connectivity index (χ0n) is 17.2. The SMILES string of the molecule is Cc1ccc(-c2c(C)noc2C)cc1S(=O)(=O)NCCCc1cccc(B(O)O)c1. The van der Waals surface area contributed by atoms with Gasteiger partial charge in [0.15, 0.2) is 0 Å². The van der Waals surface area contributed by atoms with Gasteiger partial charge in [-0.3, -0.25) is 0 Å². The van der Waals surface area contributed by atoms with Gasteiger partial charge in [-0.2, -0.15) is 0 Å². The molecule has 1 aromatic heterocycles. The first-order valence-corrected chi connectivity index (χ1v) is 11.2. The van der Waals surface area contributed by atoms with Crippen LogP contribution in [-0.2, 0) is 16.4 Å². The molecule has 0 atom stereocenters. The Morgan fingerprint density at radius 1 is 1.10 bits per heavy atom. The smallest absolute Gasteiger partial charge is 0.423 e. The summed E-state index contributed by atoms with van der Waals surface area (Å²) in [5.74, 6) is 0.642. The lowest BCUT2D eigenvalue weighted by Crippen LogP contribution is -2.30. The first-order chi connectivity index (χ1) is 14.2. The van der Waals surface area contributed by atoms with E-state index in [1.54, 1.807) is 44.2 Å². The quantitative estimate of drug-likeness (QED) is 0.373. The van der Waals surface area contributed by atoms with Gasteiger partial charge < -0.3 is 14.6 Å². The molecule has 158 valence electrons. The largest absolute Gasteiger partial charge is 0.488 e. The van der Waals surface area contributed by atoms with Gasteiger partial charge in [0.25, 0.3) is 0 Å². The van der Waals surface area contributed by atoms with Crippen LogP contribution in [0.5, 0.6) is 0 Å². The average Bonchev–Trinajstić information content (AvgIpc) is 3.04. The molecule has 0 bridgehead atoms. The van der Waals surface area contributed by atoms with Crippen molar-refractivity contribution < 1.29 is 23.0 Å². The Bertz CT molecular complexity index is 1120. The lowest BCUT2D eigenvalue weighted by molar-refractivity contribution is 0.393. The van der Waals surface area contributed by atoms with E-state index in [-0.39, 0.29) is 11.4 Å². The van der Waals surface area contributed by atoms with E-state index >= 15 is 0 Å².